The van der Waals surface area contributed by atoms with E-state index in [-0.39, 0.29) is 18.2 Å². The van der Waals surface area contributed by atoms with Crippen LogP contribution in [-0.4, -0.2) is 10.1 Å². The van der Waals surface area contributed by atoms with Crippen LogP contribution in [0.1, 0.15) is 36.7 Å². The molecule has 1 aliphatic carbocycles. The zero-order chi connectivity index (χ0) is 16.6. The lowest BCUT2D eigenvalue weighted by molar-refractivity contribution is 0.229. The van der Waals surface area contributed by atoms with Crippen molar-refractivity contribution in [2.75, 3.05) is 0 Å². The van der Waals surface area contributed by atoms with Crippen LogP contribution in [0.5, 0.6) is 0 Å². The minimum absolute atomic E-state index is 0. The fraction of sp³-hybridized carbons (Fsp3) is 0.333. The molecule has 132 valence electrons. The number of aryl methyl sites for hydroxylation is 2. The van der Waals surface area contributed by atoms with Crippen LogP contribution < -0.4 is 5.73 Å². The van der Waals surface area contributed by atoms with E-state index in [9.17, 15) is 4.39 Å². The summed E-state index contributed by atoms with van der Waals surface area (Å²) in [5.74, 6) is 2.11. The number of nitrogens with zero attached hydrogens (tertiary/aromatic N) is 2. The smallest absolute Gasteiger partial charge is 0.227 e. The van der Waals surface area contributed by atoms with Crippen molar-refractivity contribution in [1.29, 1.82) is 0 Å². The van der Waals surface area contributed by atoms with E-state index in [4.69, 9.17) is 14.7 Å². The Hall–Kier alpha value is -2.18. The lowest BCUT2D eigenvalue weighted by Crippen LogP contribution is -2.44. The lowest BCUT2D eigenvalue weighted by atomic mass is 9.77. The van der Waals surface area contributed by atoms with Gasteiger partial charge in [-0.2, -0.15) is 4.98 Å². The molecule has 2 aromatic heterocycles. The predicted octanol–water partition coefficient (Wildman–Crippen LogP) is 4.01. The fourth-order valence-electron chi connectivity index (χ4n) is 2.89. The van der Waals surface area contributed by atoms with Crippen LogP contribution in [0.25, 0.3) is 11.3 Å². The molecule has 0 unspecified atom stereocenters. The van der Waals surface area contributed by atoms with E-state index in [2.05, 4.69) is 10.1 Å². The quantitative estimate of drug-likeness (QED) is 0.740. The van der Waals surface area contributed by atoms with Crippen LogP contribution in [0.4, 0.5) is 4.39 Å². The highest BCUT2D eigenvalue weighted by atomic mass is 35.5. The number of aromatic nitrogens is 2. The van der Waals surface area contributed by atoms with E-state index < -0.39 is 5.54 Å². The largest absolute Gasteiger partial charge is 0.461 e. The van der Waals surface area contributed by atoms with E-state index in [1.807, 2.05) is 6.07 Å². The molecular formula is C18H19ClFN3O2. The Labute approximate surface area is 150 Å². The first-order valence-corrected chi connectivity index (χ1v) is 8.10. The van der Waals surface area contributed by atoms with Gasteiger partial charge in [0.05, 0.1) is 11.1 Å². The minimum Gasteiger partial charge on any atom is -0.461 e. The lowest BCUT2D eigenvalue weighted by Gasteiger charge is -2.34. The van der Waals surface area contributed by atoms with Gasteiger partial charge in [-0.25, -0.2) is 4.39 Å². The molecule has 1 fully saturated rings. The Balaban J connectivity index is 0.00000182. The summed E-state index contributed by atoms with van der Waals surface area (Å²) in [4.78, 5) is 4.39. The van der Waals surface area contributed by atoms with Crippen LogP contribution in [0.3, 0.4) is 0 Å². The van der Waals surface area contributed by atoms with Crippen LogP contribution in [0, 0.1) is 5.82 Å². The molecular weight excluding hydrogens is 345 g/mol. The number of hydrogen-bond donors (Lipinski definition) is 1. The van der Waals surface area contributed by atoms with Gasteiger partial charge in [0, 0.05) is 12.8 Å². The summed E-state index contributed by atoms with van der Waals surface area (Å²) in [6.07, 6.45) is 4.07. The first kappa shape index (κ1) is 17.6. The third-order valence-electron chi connectivity index (χ3n) is 4.55. The van der Waals surface area contributed by atoms with Crippen molar-refractivity contribution >= 4 is 12.4 Å². The normalized spacial score (nSPS) is 15.4. The van der Waals surface area contributed by atoms with Crippen molar-refractivity contribution in [2.45, 2.75) is 37.6 Å². The number of rotatable bonds is 5. The second kappa shape index (κ2) is 6.98. The summed E-state index contributed by atoms with van der Waals surface area (Å²) in [7, 11) is 0. The van der Waals surface area contributed by atoms with Crippen LogP contribution in [0.2, 0.25) is 0 Å². The molecule has 0 amide bonds. The van der Waals surface area contributed by atoms with Crippen LogP contribution in [-0.2, 0) is 18.4 Å². The van der Waals surface area contributed by atoms with Crippen molar-refractivity contribution in [2.24, 2.45) is 5.73 Å². The van der Waals surface area contributed by atoms with Crippen LogP contribution in [0.15, 0.2) is 45.3 Å². The Bertz CT molecular complexity index is 857. The summed E-state index contributed by atoms with van der Waals surface area (Å²) in [6.45, 7) is 0. The maximum absolute atomic E-state index is 13.8. The molecule has 3 aromatic rings. The third-order valence-corrected chi connectivity index (χ3v) is 4.55. The molecule has 4 rings (SSSR count). The van der Waals surface area contributed by atoms with Gasteiger partial charge in [-0.05, 0) is 43.5 Å². The summed E-state index contributed by atoms with van der Waals surface area (Å²) in [5, 5.41) is 4.00. The second-order valence-corrected chi connectivity index (χ2v) is 6.27. The first-order valence-electron chi connectivity index (χ1n) is 8.10. The number of halogens is 2. The molecule has 1 saturated carbocycles. The molecule has 2 heterocycles. The predicted molar refractivity (Wildman–Crippen MR) is 92.8 cm³/mol. The standard InChI is InChI=1S/C18H18FN3O2.ClH/c19-14-5-2-1-4-13(14)15-8-6-12(23-15)7-9-16-21-17(22-24-16)18(20)10-3-11-18;/h1-2,4-6,8H,3,7,9-11,20H2;1H. The number of furan rings is 1. The maximum Gasteiger partial charge on any atom is 0.227 e. The Kier molecular flexibility index (Phi) is 4.92. The Morgan fingerprint density at radius 3 is 2.64 bits per heavy atom. The summed E-state index contributed by atoms with van der Waals surface area (Å²) in [5.41, 5.74) is 6.23. The number of benzene rings is 1. The van der Waals surface area contributed by atoms with Gasteiger partial charge in [0.25, 0.3) is 0 Å². The highest BCUT2D eigenvalue weighted by Crippen LogP contribution is 2.36. The van der Waals surface area contributed by atoms with Gasteiger partial charge in [0.15, 0.2) is 5.82 Å². The third kappa shape index (κ3) is 3.45. The van der Waals surface area contributed by atoms with E-state index in [0.29, 0.717) is 35.9 Å². The maximum atomic E-state index is 13.8. The zero-order valence-corrected chi connectivity index (χ0v) is 14.4. The molecule has 2 N–H and O–H groups in total. The molecule has 0 bridgehead atoms. The molecule has 0 aliphatic heterocycles. The second-order valence-electron chi connectivity index (χ2n) is 6.27. The summed E-state index contributed by atoms with van der Waals surface area (Å²) in [6, 6.07) is 10.2. The zero-order valence-electron chi connectivity index (χ0n) is 13.6. The van der Waals surface area contributed by atoms with Gasteiger partial charge in [-0.3, -0.25) is 0 Å². The van der Waals surface area contributed by atoms with Crippen molar-refractivity contribution in [3.63, 3.8) is 0 Å². The summed E-state index contributed by atoms with van der Waals surface area (Å²) >= 11 is 0. The highest BCUT2D eigenvalue weighted by molar-refractivity contribution is 5.85. The van der Waals surface area contributed by atoms with E-state index in [1.165, 1.54) is 6.07 Å². The van der Waals surface area contributed by atoms with Crippen molar-refractivity contribution in [3.05, 3.63) is 59.7 Å². The average molecular weight is 364 g/mol. The Morgan fingerprint density at radius 2 is 1.92 bits per heavy atom. The van der Waals surface area contributed by atoms with Gasteiger partial charge < -0.3 is 14.7 Å². The topological polar surface area (TPSA) is 78.1 Å². The van der Waals surface area contributed by atoms with Gasteiger partial charge in [-0.15, -0.1) is 12.4 Å². The average Bonchev–Trinajstić information content (AvgIpc) is 3.20. The van der Waals surface area contributed by atoms with E-state index in [0.717, 1.165) is 25.0 Å². The molecule has 0 saturated heterocycles. The first-order chi connectivity index (χ1) is 11.6. The van der Waals surface area contributed by atoms with Crippen LogP contribution >= 0.6 is 12.4 Å². The fourth-order valence-corrected chi connectivity index (χ4v) is 2.89. The van der Waals surface area contributed by atoms with Crippen molar-refractivity contribution < 1.29 is 13.3 Å². The molecule has 25 heavy (non-hydrogen) atoms. The van der Waals surface area contributed by atoms with Gasteiger partial charge in [-0.1, -0.05) is 17.3 Å². The van der Waals surface area contributed by atoms with Crippen molar-refractivity contribution in [3.8, 4) is 11.3 Å². The number of nitrogens with two attached hydrogens (primary N) is 1. The summed E-state index contributed by atoms with van der Waals surface area (Å²) < 4.78 is 24.8. The highest BCUT2D eigenvalue weighted by Gasteiger charge is 2.38. The van der Waals surface area contributed by atoms with Gasteiger partial charge in [0.1, 0.15) is 17.3 Å². The van der Waals surface area contributed by atoms with Gasteiger partial charge >= 0.3 is 0 Å². The molecule has 0 spiro atoms. The van der Waals surface area contributed by atoms with Gasteiger partial charge in [0.2, 0.25) is 5.89 Å². The van der Waals surface area contributed by atoms with E-state index in [1.54, 1.807) is 24.3 Å². The molecule has 0 radical (unpaired) electrons. The SMILES string of the molecule is Cl.NC1(c2noc(CCc3ccc(-c4ccccc4F)o3)n2)CCC1. The monoisotopic (exact) mass is 363 g/mol. The molecule has 1 aromatic carbocycles. The van der Waals surface area contributed by atoms with Crippen molar-refractivity contribution in [1.82, 2.24) is 10.1 Å². The molecule has 5 nitrogen and oxygen atoms in total. The Morgan fingerprint density at radius 1 is 1.12 bits per heavy atom. The molecule has 0 atom stereocenters. The molecule has 7 heteroatoms. The number of hydrogen-bond acceptors (Lipinski definition) is 5. The minimum atomic E-state index is -0.412. The van der Waals surface area contributed by atoms with E-state index >= 15 is 0 Å². The molecule has 1 aliphatic rings.